The first kappa shape index (κ1) is 11.9. The minimum atomic E-state index is 0.501. The molecule has 0 aliphatic carbocycles. The number of hydrogen-bond acceptors (Lipinski definition) is 3. The highest BCUT2D eigenvalue weighted by Gasteiger charge is 2.23. The summed E-state index contributed by atoms with van der Waals surface area (Å²) in [6.07, 6.45) is 0. The molecule has 12 heavy (non-hydrogen) atoms. The number of nitrogens with zero attached hydrogens (tertiary/aromatic N) is 2. The van der Waals surface area contributed by atoms with Gasteiger partial charge in [0.25, 0.3) is 0 Å². The summed E-state index contributed by atoms with van der Waals surface area (Å²) in [4.78, 5) is 2.34. The minimum Gasteiger partial charge on any atom is -0.301 e. The molecule has 2 atom stereocenters. The third kappa shape index (κ3) is 3.09. The number of rotatable bonds is 0. The normalized spacial score (nSPS) is 32.5. The van der Waals surface area contributed by atoms with Crippen molar-refractivity contribution in [1.29, 1.82) is 0 Å². The third-order valence-corrected chi connectivity index (χ3v) is 2.35. The van der Waals surface area contributed by atoms with Crippen LogP contribution < -0.4 is 5.84 Å². The van der Waals surface area contributed by atoms with Gasteiger partial charge in [-0.25, -0.2) is 5.01 Å². The van der Waals surface area contributed by atoms with Gasteiger partial charge in [0.05, 0.1) is 0 Å². The highest BCUT2D eigenvalue weighted by Crippen LogP contribution is 2.08. The Kier molecular flexibility index (Phi) is 5.46. The Labute approximate surface area is 76.5 Å². The number of likely N-dealkylation sites (N-methyl/N-ethyl adjacent to an activating group) is 1. The standard InChI is InChI=1S/C7H17N3.C2H6/c1-6-5-10(8)7(2)4-9(6)3;1-2/h6-7H,4-5,8H2,1-3H3;1-2H3. The minimum absolute atomic E-state index is 0.501. The van der Waals surface area contributed by atoms with Crippen LogP contribution in [-0.4, -0.2) is 42.1 Å². The van der Waals surface area contributed by atoms with Crippen LogP contribution in [-0.2, 0) is 0 Å². The topological polar surface area (TPSA) is 32.5 Å². The molecule has 0 amide bonds. The van der Waals surface area contributed by atoms with Crippen LogP contribution in [0.2, 0.25) is 0 Å². The van der Waals surface area contributed by atoms with Crippen molar-refractivity contribution in [3.05, 3.63) is 0 Å². The molecule has 1 aliphatic heterocycles. The number of hydrogen-bond donors (Lipinski definition) is 1. The van der Waals surface area contributed by atoms with Crippen LogP contribution >= 0.6 is 0 Å². The van der Waals surface area contributed by atoms with Crippen molar-refractivity contribution in [2.24, 2.45) is 5.84 Å². The Morgan fingerprint density at radius 1 is 1.08 bits per heavy atom. The summed E-state index contributed by atoms with van der Waals surface area (Å²) in [5.74, 6) is 5.74. The predicted octanol–water partition coefficient (Wildman–Crippen LogP) is 0.911. The summed E-state index contributed by atoms with van der Waals surface area (Å²) in [6.45, 7) is 10.4. The third-order valence-electron chi connectivity index (χ3n) is 2.35. The first-order chi connectivity index (χ1) is 5.61. The Morgan fingerprint density at radius 2 is 1.58 bits per heavy atom. The Hall–Kier alpha value is -0.120. The van der Waals surface area contributed by atoms with Crippen LogP contribution in [0.5, 0.6) is 0 Å². The Bertz CT molecular complexity index is 90.3. The summed E-state index contributed by atoms with van der Waals surface area (Å²) < 4.78 is 0. The Balaban J connectivity index is 0.000000561. The van der Waals surface area contributed by atoms with Crippen molar-refractivity contribution >= 4 is 0 Å². The van der Waals surface area contributed by atoms with E-state index < -0.39 is 0 Å². The average molecular weight is 173 g/mol. The van der Waals surface area contributed by atoms with E-state index >= 15 is 0 Å². The zero-order valence-electron chi connectivity index (χ0n) is 9.04. The van der Waals surface area contributed by atoms with Crippen molar-refractivity contribution in [3.8, 4) is 0 Å². The zero-order valence-corrected chi connectivity index (χ0v) is 9.04. The molecule has 1 fully saturated rings. The van der Waals surface area contributed by atoms with E-state index in [1.807, 2.05) is 18.9 Å². The van der Waals surface area contributed by atoms with Crippen molar-refractivity contribution < 1.29 is 0 Å². The van der Waals surface area contributed by atoms with E-state index in [4.69, 9.17) is 5.84 Å². The maximum absolute atomic E-state index is 5.74. The van der Waals surface area contributed by atoms with Crippen LogP contribution in [0.1, 0.15) is 27.7 Å². The van der Waals surface area contributed by atoms with Crippen molar-refractivity contribution in [2.75, 3.05) is 20.1 Å². The van der Waals surface area contributed by atoms with Gasteiger partial charge in [0.2, 0.25) is 0 Å². The molecule has 3 nitrogen and oxygen atoms in total. The average Bonchev–Trinajstić information content (AvgIpc) is 2.05. The van der Waals surface area contributed by atoms with E-state index in [1.165, 1.54) is 0 Å². The Morgan fingerprint density at radius 3 is 2.00 bits per heavy atom. The lowest BCUT2D eigenvalue weighted by atomic mass is 10.1. The summed E-state index contributed by atoms with van der Waals surface area (Å²) in [5, 5.41) is 1.92. The molecule has 0 radical (unpaired) electrons. The molecule has 0 saturated carbocycles. The van der Waals surface area contributed by atoms with Gasteiger partial charge >= 0.3 is 0 Å². The van der Waals surface area contributed by atoms with Gasteiger partial charge in [-0.2, -0.15) is 0 Å². The highest BCUT2D eigenvalue weighted by molar-refractivity contribution is 4.78. The molecular weight excluding hydrogens is 150 g/mol. The second-order valence-corrected chi connectivity index (χ2v) is 3.33. The predicted molar refractivity (Wildman–Crippen MR) is 53.8 cm³/mol. The lowest BCUT2D eigenvalue weighted by Gasteiger charge is -2.39. The second kappa shape index (κ2) is 5.51. The molecule has 1 rings (SSSR count). The maximum atomic E-state index is 5.74. The van der Waals surface area contributed by atoms with E-state index in [0.29, 0.717) is 12.1 Å². The summed E-state index contributed by atoms with van der Waals surface area (Å²) in [5.41, 5.74) is 0. The molecule has 0 aromatic rings. The van der Waals surface area contributed by atoms with Crippen molar-refractivity contribution in [2.45, 2.75) is 39.8 Å². The molecule has 0 bridgehead atoms. The SMILES string of the molecule is CC.CC1CN(N)C(C)CN1C. The van der Waals surface area contributed by atoms with Crippen molar-refractivity contribution in [1.82, 2.24) is 9.91 Å². The highest BCUT2D eigenvalue weighted by atomic mass is 15.5. The molecule has 2 unspecified atom stereocenters. The molecule has 1 heterocycles. The van der Waals surface area contributed by atoms with Gasteiger partial charge < -0.3 is 4.90 Å². The first-order valence-electron chi connectivity index (χ1n) is 4.83. The van der Waals surface area contributed by atoms with Crippen LogP contribution in [0, 0.1) is 0 Å². The lowest BCUT2D eigenvalue weighted by molar-refractivity contribution is 0.0603. The van der Waals surface area contributed by atoms with E-state index in [0.717, 1.165) is 13.1 Å². The lowest BCUT2D eigenvalue weighted by Crippen LogP contribution is -2.57. The molecule has 3 heteroatoms. The van der Waals surface area contributed by atoms with Gasteiger partial charge in [-0.15, -0.1) is 0 Å². The van der Waals surface area contributed by atoms with Crippen LogP contribution in [0.3, 0.4) is 0 Å². The number of hydrazine groups is 1. The van der Waals surface area contributed by atoms with E-state index in [1.54, 1.807) is 0 Å². The van der Waals surface area contributed by atoms with Crippen LogP contribution in [0.15, 0.2) is 0 Å². The fourth-order valence-electron chi connectivity index (χ4n) is 1.33. The number of piperazine rings is 1. The molecule has 0 aromatic heterocycles. The van der Waals surface area contributed by atoms with Crippen LogP contribution in [0.4, 0.5) is 0 Å². The molecule has 0 spiro atoms. The van der Waals surface area contributed by atoms with E-state index in [9.17, 15) is 0 Å². The number of nitrogens with two attached hydrogens (primary N) is 1. The van der Waals surface area contributed by atoms with Gasteiger partial charge in [0, 0.05) is 25.2 Å². The quantitative estimate of drug-likeness (QED) is 0.553. The maximum Gasteiger partial charge on any atom is 0.0340 e. The van der Waals surface area contributed by atoms with Crippen molar-refractivity contribution in [3.63, 3.8) is 0 Å². The smallest absolute Gasteiger partial charge is 0.0340 e. The molecule has 1 saturated heterocycles. The van der Waals surface area contributed by atoms with Crippen LogP contribution in [0.25, 0.3) is 0 Å². The fourth-order valence-corrected chi connectivity index (χ4v) is 1.33. The summed E-state index contributed by atoms with van der Waals surface area (Å²) in [7, 11) is 2.15. The zero-order chi connectivity index (χ0) is 9.72. The van der Waals surface area contributed by atoms with Gasteiger partial charge in [-0.1, -0.05) is 13.8 Å². The van der Waals surface area contributed by atoms with E-state index in [-0.39, 0.29) is 0 Å². The molecule has 1 aliphatic rings. The molecule has 0 aromatic carbocycles. The van der Waals surface area contributed by atoms with Gasteiger partial charge in [-0.05, 0) is 20.9 Å². The monoisotopic (exact) mass is 173 g/mol. The van der Waals surface area contributed by atoms with Gasteiger partial charge in [-0.3, -0.25) is 5.84 Å². The fraction of sp³-hybridized carbons (Fsp3) is 1.00. The summed E-state index contributed by atoms with van der Waals surface area (Å²) >= 11 is 0. The van der Waals surface area contributed by atoms with Gasteiger partial charge in [0.15, 0.2) is 0 Å². The molecule has 2 N–H and O–H groups in total. The largest absolute Gasteiger partial charge is 0.301 e. The van der Waals surface area contributed by atoms with E-state index in [2.05, 4.69) is 25.8 Å². The molecule has 74 valence electrons. The summed E-state index contributed by atoms with van der Waals surface area (Å²) in [6, 6.07) is 1.10. The second-order valence-electron chi connectivity index (χ2n) is 3.33. The first-order valence-corrected chi connectivity index (χ1v) is 4.83. The molecular formula is C9H23N3. The van der Waals surface area contributed by atoms with Gasteiger partial charge in [0.1, 0.15) is 0 Å².